The van der Waals surface area contributed by atoms with Crippen molar-refractivity contribution >= 4 is 23.5 Å². The van der Waals surface area contributed by atoms with Gasteiger partial charge in [0.15, 0.2) is 5.96 Å². The van der Waals surface area contributed by atoms with E-state index >= 15 is 0 Å². The highest BCUT2D eigenvalue weighted by Gasteiger charge is 2.24. The fourth-order valence-electron chi connectivity index (χ4n) is 2.42. The Hall–Kier alpha value is -2.41. The van der Waals surface area contributed by atoms with Crippen LogP contribution < -0.4 is 11.1 Å². The standard InChI is InChI=1S/C16H22N4O3/c1-23-11-12-5-2-3-6-13(12)19-16(17)18-9-10-20-14(21)7-4-8-15(20)22/h2-3,5-6H,4,7-11H2,1H3,(H3,17,18,19). The third kappa shape index (κ3) is 4.79. The molecule has 1 aromatic rings. The van der Waals surface area contributed by atoms with Crippen LogP contribution in [0.1, 0.15) is 24.8 Å². The van der Waals surface area contributed by atoms with Crippen LogP contribution >= 0.6 is 0 Å². The van der Waals surface area contributed by atoms with Gasteiger partial charge in [0.25, 0.3) is 0 Å². The van der Waals surface area contributed by atoms with E-state index in [0.29, 0.717) is 25.9 Å². The Kier molecular flexibility index (Phi) is 6.10. The van der Waals surface area contributed by atoms with Crippen molar-refractivity contribution in [3.8, 4) is 0 Å². The maximum Gasteiger partial charge on any atom is 0.229 e. The number of nitrogens with zero attached hydrogens (tertiary/aromatic N) is 2. The van der Waals surface area contributed by atoms with Gasteiger partial charge < -0.3 is 15.8 Å². The number of hydrogen-bond donors (Lipinski definition) is 2. The van der Waals surface area contributed by atoms with Gasteiger partial charge in [0.05, 0.1) is 13.2 Å². The number of aliphatic imine (C=N–C) groups is 1. The van der Waals surface area contributed by atoms with E-state index in [4.69, 9.17) is 10.5 Å². The number of carbonyl (C=O) groups is 2. The van der Waals surface area contributed by atoms with Gasteiger partial charge in [0, 0.05) is 37.7 Å². The summed E-state index contributed by atoms with van der Waals surface area (Å²) in [5, 5.41) is 3.01. The molecule has 1 saturated heterocycles. The van der Waals surface area contributed by atoms with Gasteiger partial charge in [-0.25, -0.2) is 0 Å². The predicted octanol–water partition coefficient (Wildman–Crippen LogP) is 1.10. The highest BCUT2D eigenvalue weighted by Crippen LogP contribution is 2.15. The molecule has 124 valence electrons. The molecule has 0 aliphatic carbocycles. The Balaban J connectivity index is 1.90. The van der Waals surface area contributed by atoms with Crippen molar-refractivity contribution in [2.75, 3.05) is 25.5 Å². The van der Waals surface area contributed by atoms with Crippen molar-refractivity contribution in [2.24, 2.45) is 10.7 Å². The number of methoxy groups -OCH3 is 1. The molecule has 7 heteroatoms. The fourth-order valence-corrected chi connectivity index (χ4v) is 2.42. The number of benzene rings is 1. The molecule has 7 nitrogen and oxygen atoms in total. The molecule has 0 aromatic heterocycles. The van der Waals surface area contributed by atoms with Gasteiger partial charge in [-0.05, 0) is 12.5 Å². The van der Waals surface area contributed by atoms with Crippen LogP contribution in [0.5, 0.6) is 0 Å². The van der Waals surface area contributed by atoms with E-state index in [1.54, 1.807) is 7.11 Å². The summed E-state index contributed by atoms with van der Waals surface area (Å²) in [5.74, 6) is -0.0210. The molecule has 1 heterocycles. The monoisotopic (exact) mass is 318 g/mol. The molecule has 1 aromatic carbocycles. The molecule has 1 fully saturated rings. The van der Waals surface area contributed by atoms with Crippen LogP contribution in [-0.2, 0) is 20.9 Å². The normalized spacial score (nSPS) is 15.9. The predicted molar refractivity (Wildman–Crippen MR) is 87.8 cm³/mol. The maximum absolute atomic E-state index is 11.7. The second-order valence-corrected chi connectivity index (χ2v) is 5.27. The summed E-state index contributed by atoms with van der Waals surface area (Å²) in [4.78, 5) is 28.8. The number of likely N-dealkylation sites (tertiary alicyclic amines) is 1. The summed E-state index contributed by atoms with van der Waals surface area (Å²) in [6.07, 6.45) is 1.48. The second kappa shape index (κ2) is 8.28. The summed E-state index contributed by atoms with van der Waals surface area (Å²) in [5.41, 5.74) is 7.65. The van der Waals surface area contributed by atoms with Crippen molar-refractivity contribution in [1.82, 2.24) is 4.90 Å². The molecule has 0 radical (unpaired) electrons. The van der Waals surface area contributed by atoms with Gasteiger partial charge in [0.2, 0.25) is 11.8 Å². The Labute approximate surface area is 135 Å². The van der Waals surface area contributed by atoms with E-state index in [1.165, 1.54) is 4.90 Å². The number of rotatable bonds is 6. The molecule has 0 saturated carbocycles. The zero-order valence-electron chi connectivity index (χ0n) is 13.2. The number of anilines is 1. The SMILES string of the molecule is COCc1ccccc1NC(N)=NCCN1C(=O)CCCC1=O. The molecular formula is C16H22N4O3. The van der Waals surface area contributed by atoms with Crippen LogP contribution in [0.15, 0.2) is 29.3 Å². The molecule has 3 N–H and O–H groups in total. The van der Waals surface area contributed by atoms with E-state index in [1.807, 2.05) is 24.3 Å². The second-order valence-electron chi connectivity index (χ2n) is 5.27. The molecule has 1 aliphatic rings. The number of carbonyl (C=O) groups excluding carboxylic acids is 2. The first-order chi connectivity index (χ1) is 11.1. The van der Waals surface area contributed by atoms with Crippen LogP contribution in [0.2, 0.25) is 0 Å². The van der Waals surface area contributed by atoms with Gasteiger partial charge in [-0.1, -0.05) is 18.2 Å². The molecule has 0 bridgehead atoms. The maximum atomic E-state index is 11.7. The van der Waals surface area contributed by atoms with E-state index in [9.17, 15) is 9.59 Å². The summed E-state index contributed by atoms with van der Waals surface area (Å²) >= 11 is 0. The number of nitrogens with one attached hydrogen (secondary N) is 1. The number of amides is 2. The lowest BCUT2D eigenvalue weighted by Crippen LogP contribution is -2.41. The van der Waals surface area contributed by atoms with Crippen molar-refractivity contribution in [3.05, 3.63) is 29.8 Å². The number of guanidine groups is 1. The molecule has 23 heavy (non-hydrogen) atoms. The summed E-state index contributed by atoms with van der Waals surface area (Å²) < 4.78 is 5.13. The van der Waals surface area contributed by atoms with Gasteiger partial charge in [0.1, 0.15) is 0 Å². The van der Waals surface area contributed by atoms with Gasteiger partial charge >= 0.3 is 0 Å². The van der Waals surface area contributed by atoms with Crippen LogP contribution in [0.4, 0.5) is 5.69 Å². The van der Waals surface area contributed by atoms with E-state index < -0.39 is 0 Å². The lowest BCUT2D eigenvalue weighted by molar-refractivity contribution is -0.147. The van der Waals surface area contributed by atoms with Crippen LogP contribution in [0.3, 0.4) is 0 Å². The van der Waals surface area contributed by atoms with E-state index in [2.05, 4.69) is 10.3 Å². The van der Waals surface area contributed by atoms with E-state index in [0.717, 1.165) is 11.3 Å². The van der Waals surface area contributed by atoms with Crippen molar-refractivity contribution < 1.29 is 14.3 Å². The lowest BCUT2D eigenvalue weighted by atomic mass is 10.1. The summed E-state index contributed by atoms with van der Waals surface area (Å²) in [6.45, 7) is 1.01. The number of para-hydroxylation sites is 1. The molecule has 2 amide bonds. The Morgan fingerprint density at radius 3 is 2.70 bits per heavy atom. The van der Waals surface area contributed by atoms with Crippen molar-refractivity contribution in [2.45, 2.75) is 25.9 Å². The minimum Gasteiger partial charge on any atom is -0.380 e. The number of nitrogens with two attached hydrogens (primary N) is 1. The van der Waals surface area contributed by atoms with Crippen LogP contribution in [0.25, 0.3) is 0 Å². The minimum atomic E-state index is -0.131. The number of hydrogen-bond acceptors (Lipinski definition) is 4. The molecule has 0 unspecified atom stereocenters. The summed E-state index contributed by atoms with van der Waals surface area (Å²) in [6, 6.07) is 7.62. The quantitative estimate of drug-likeness (QED) is 0.465. The minimum absolute atomic E-state index is 0.131. The van der Waals surface area contributed by atoms with Gasteiger partial charge in [-0.3, -0.25) is 19.5 Å². The molecular weight excluding hydrogens is 296 g/mol. The molecule has 2 rings (SSSR count). The zero-order chi connectivity index (χ0) is 16.7. The molecule has 0 spiro atoms. The smallest absolute Gasteiger partial charge is 0.229 e. The first kappa shape index (κ1) is 17.0. The van der Waals surface area contributed by atoms with Gasteiger partial charge in [-0.2, -0.15) is 0 Å². The third-order valence-electron chi connectivity index (χ3n) is 3.57. The van der Waals surface area contributed by atoms with E-state index in [-0.39, 0.29) is 30.9 Å². The number of imide groups is 1. The Morgan fingerprint density at radius 1 is 1.30 bits per heavy atom. The first-order valence-corrected chi connectivity index (χ1v) is 7.59. The average Bonchev–Trinajstić information content (AvgIpc) is 2.52. The number of ether oxygens (including phenoxy) is 1. The molecule has 1 aliphatic heterocycles. The summed E-state index contributed by atoms with van der Waals surface area (Å²) in [7, 11) is 1.63. The highest BCUT2D eigenvalue weighted by molar-refractivity contribution is 5.97. The zero-order valence-corrected chi connectivity index (χ0v) is 13.2. The Bertz CT molecular complexity index is 585. The molecule has 0 atom stereocenters. The van der Waals surface area contributed by atoms with Crippen molar-refractivity contribution in [1.29, 1.82) is 0 Å². The van der Waals surface area contributed by atoms with Gasteiger partial charge in [-0.15, -0.1) is 0 Å². The lowest BCUT2D eigenvalue weighted by Gasteiger charge is -2.24. The third-order valence-corrected chi connectivity index (χ3v) is 3.57. The Morgan fingerprint density at radius 2 is 2.00 bits per heavy atom. The van der Waals surface area contributed by atoms with Crippen LogP contribution in [0, 0.1) is 0 Å². The van der Waals surface area contributed by atoms with Crippen LogP contribution in [-0.4, -0.2) is 42.9 Å². The first-order valence-electron chi connectivity index (χ1n) is 7.59. The fraction of sp³-hybridized carbons (Fsp3) is 0.438. The topological polar surface area (TPSA) is 97.0 Å². The number of piperidine rings is 1. The largest absolute Gasteiger partial charge is 0.380 e. The van der Waals surface area contributed by atoms with Crippen molar-refractivity contribution in [3.63, 3.8) is 0 Å². The highest BCUT2D eigenvalue weighted by atomic mass is 16.5. The average molecular weight is 318 g/mol.